The zero-order valence-corrected chi connectivity index (χ0v) is 13.3. The molecule has 2 saturated carbocycles. The van der Waals surface area contributed by atoms with Crippen molar-refractivity contribution >= 4 is 29.1 Å². The maximum atomic E-state index is 12.3. The number of hydrogen-bond donors (Lipinski definition) is 2. The highest BCUT2D eigenvalue weighted by Gasteiger charge is 2.45. The van der Waals surface area contributed by atoms with Crippen LogP contribution in [-0.2, 0) is 4.79 Å². The van der Waals surface area contributed by atoms with Gasteiger partial charge in [0.25, 0.3) is 0 Å². The van der Waals surface area contributed by atoms with Crippen LogP contribution in [0.4, 0.5) is 0 Å². The van der Waals surface area contributed by atoms with Gasteiger partial charge in [0, 0.05) is 12.0 Å². The highest BCUT2D eigenvalue weighted by Crippen LogP contribution is 2.48. The van der Waals surface area contributed by atoms with Gasteiger partial charge in [0.1, 0.15) is 0 Å². The average Bonchev–Trinajstić information content (AvgIpc) is 3.15. The lowest BCUT2D eigenvalue weighted by Crippen LogP contribution is -2.40. The second-order valence-corrected chi connectivity index (χ2v) is 6.98. The van der Waals surface area contributed by atoms with Crippen LogP contribution in [-0.4, -0.2) is 18.5 Å². The van der Waals surface area contributed by atoms with Gasteiger partial charge < -0.3 is 11.1 Å². The lowest BCUT2D eigenvalue weighted by atomic mass is 10.0. The van der Waals surface area contributed by atoms with E-state index in [1.807, 2.05) is 12.1 Å². The molecule has 3 nitrogen and oxygen atoms in total. The van der Waals surface area contributed by atoms with Crippen molar-refractivity contribution in [3.63, 3.8) is 0 Å². The summed E-state index contributed by atoms with van der Waals surface area (Å²) < 4.78 is 0. The van der Waals surface area contributed by atoms with E-state index in [1.54, 1.807) is 6.07 Å². The maximum absolute atomic E-state index is 12.3. The highest BCUT2D eigenvalue weighted by molar-refractivity contribution is 6.42. The Hall–Kier alpha value is -0.770. The van der Waals surface area contributed by atoms with E-state index in [9.17, 15) is 4.79 Å². The Morgan fingerprint density at radius 1 is 1.29 bits per heavy atom. The van der Waals surface area contributed by atoms with Crippen LogP contribution in [0.15, 0.2) is 18.2 Å². The predicted molar refractivity (Wildman–Crippen MR) is 85.6 cm³/mol. The molecular weight excluding hydrogens is 307 g/mol. The van der Waals surface area contributed by atoms with Gasteiger partial charge in [0.05, 0.1) is 10.0 Å². The summed E-state index contributed by atoms with van der Waals surface area (Å²) in [6, 6.07) is 5.90. The van der Waals surface area contributed by atoms with Crippen molar-refractivity contribution in [3.05, 3.63) is 33.8 Å². The van der Waals surface area contributed by atoms with Crippen LogP contribution in [0, 0.1) is 11.8 Å². The largest absolute Gasteiger partial charge is 0.353 e. The summed E-state index contributed by atoms with van der Waals surface area (Å²) >= 11 is 12.0. The van der Waals surface area contributed by atoms with Crippen LogP contribution >= 0.6 is 23.2 Å². The van der Waals surface area contributed by atoms with Gasteiger partial charge in [-0.15, -0.1) is 0 Å². The number of halogens is 2. The average molecular weight is 327 g/mol. The number of amides is 1. The Balaban J connectivity index is 1.59. The van der Waals surface area contributed by atoms with E-state index in [1.165, 1.54) is 0 Å². The first-order chi connectivity index (χ1) is 10.1. The van der Waals surface area contributed by atoms with Crippen LogP contribution in [0.5, 0.6) is 0 Å². The number of nitrogens with one attached hydrogen (secondary N) is 1. The molecule has 0 aliphatic heterocycles. The number of benzene rings is 1. The second kappa shape index (κ2) is 6.15. The van der Waals surface area contributed by atoms with Gasteiger partial charge >= 0.3 is 0 Å². The van der Waals surface area contributed by atoms with Gasteiger partial charge in [-0.3, -0.25) is 4.79 Å². The molecule has 0 spiro atoms. The predicted octanol–water partition coefficient (Wildman–Crippen LogP) is 3.34. The Morgan fingerprint density at radius 2 is 2.10 bits per heavy atom. The molecule has 0 heterocycles. The fraction of sp³-hybridized carbons (Fsp3) is 0.562. The van der Waals surface area contributed by atoms with E-state index >= 15 is 0 Å². The van der Waals surface area contributed by atoms with Gasteiger partial charge in [-0.25, -0.2) is 0 Å². The van der Waals surface area contributed by atoms with Gasteiger partial charge in [-0.1, -0.05) is 35.7 Å². The minimum Gasteiger partial charge on any atom is -0.353 e. The number of hydrogen-bond acceptors (Lipinski definition) is 2. The fourth-order valence-corrected chi connectivity index (χ4v) is 3.70. The summed E-state index contributed by atoms with van der Waals surface area (Å²) in [6.45, 7) is 0.659. The molecule has 0 radical (unpaired) electrons. The number of carbonyl (C=O) groups is 1. The summed E-state index contributed by atoms with van der Waals surface area (Å²) in [5.74, 6) is 0.950. The van der Waals surface area contributed by atoms with Gasteiger partial charge in [0.15, 0.2) is 0 Å². The van der Waals surface area contributed by atoms with Crippen molar-refractivity contribution in [3.8, 4) is 0 Å². The summed E-state index contributed by atoms with van der Waals surface area (Å²) in [7, 11) is 0. The number of rotatable bonds is 4. The van der Waals surface area contributed by atoms with Gasteiger partial charge in [0.2, 0.25) is 5.91 Å². The number of carbonyl (C=O) groups excluding carboxylic acids is 1. The quantitative estimate of drug-likeness (QED) is 0.891. The molecular formula is C16H20Cl2N2O. The first kappa shape index (κ1) is 15.1. The molecule has 5 heteroatoms. The molecule has 4 unspecified atom stereocenters. The van der Waals surface area contributed by atoms with Crippen molar-refractivity contribution in [2.75, 3.05) is 6.54 Å². The standard InChI is InChI=1S/C16H20Cl2N2O/c17-13-5-4-9(6-14(13)18)11-7-12(11)16(21)20-15-3-1-2-10(15)8-19/h4-6,10-12,15H,1-3,7-8,19H2,(H,20,21). The summed E-state index contributed by atoms with van der Waals surface area (Å²) in [6.07, 6.45) is 4.23. The molecule has 1 aromatic rings. The molecule has 3 N–H and O–H groups in total. The molecule has 0 saturated heterocycles. The molecule has 1 amide bonds. The molecule has 4 atom stereocenters. The number of nitrogens with two attached hydrogens (primary N) is 1. The van der Waals surface area contributed by atoms with Crippen LogP contribution in [0.2, 0.25) is 10.0 Å². The van der Waals surface area contributed by atoms with Crippen molar-refractivity contribution in [2.45, 2.75) is 37.6 Å². The SMILES string of the molecule is NCC1CCCC1NC(=O)C1CC1c1ccc(Cl)c(Cl)c1. The third-order valence-electron chi connectivity index (χ3n) is 4.79. The van der Waals surface area contributed by atoms with Crippen LogP contribution < -0.4 is 11.1 Å². The topological polar surface area (TPSA) is 55.1 Å². The monoisotopic (exact) mass is 326 g/mol. The molecule has 2 aliphatic rings. The van der Waals surface area contributed by atoms with E-state index in [-0.39, 0.29) is 23.8 Å². The third kappa shape index (κ3) is 3.20. The van der Waals surface area contributed by atoms with E-state index < -0.39 is 0 Å². The van der Waals surface area contributed by atoms with E-state index in [4.69, 9.17) is 28.9 Å². The summed E-state index contributed by atoms with van der Waals surface area (Å²) in [4.78, 5) is 12.3. The van der Waals surface area contributed by atoms with E-state index in [0.29, 0.717) is 22.5 Å². The van der Waals surface area contributed by atoms with E-state index in [2.05, 4.69) is 5.32 Å². The normalized spacial score (nSPS) is 31.2. The zero-order chi connectivity index (χ0) is 15.0. The Morgan fingerprint density at radius 3 is 2.81 bits per heavy atom. The highest BCUT2D eigenvalue weighted by atomic mass is 35.5. The first-order valence-electron chi connectivity index (χ1n) is 7.55. The lowest BCUT2D eigenvalue weighted by Gasteiger charge is -2.19. The molecule has 21 heavy (non-hydrogen) atoms. The molecule has 0 bridgehead atoms. The molecule has 2 fully saturated rings. The van der Waals surface area contributed by atoms with Crippen molar-refractivity contribution in [1.82, 2.24) is 5.32 Å². The lowest BCUT2D eigenvalue weighted by molar-refractivity contribution is -0.123. The molecule has 2 aliphatic carbocycles. The van der Waals surface area contributed by atoms with Gasteiger partial charge in [-0.2, -0.15) is 0 Å². The maximum Gasteiger partial charge on any atom is 0.223 e. The third-order valence-corrected chi connectivity index (χ3v) is 5.53. The Bertz CT molecular complexity index is 549. The Kier molecular flexibility index (Phi) is 4.43. The van der Waals surface area contributed by atoms with Crippen molar-refractivity contribution < 1.29 is 4.79 Å². The first-order valence-corrected chi connectivity index (χ1v) is 8.31. The molecule has 1 aromatic carbocycles. The molecule has 0 aromatic heterocycles. The minimum atomic E-state index is 0.0706. The summed E-state index contributed by atoms with van der Waals surface area (Å²) in [5, 5.41) is 4.30. The van der Waals surface area contributed by atoms with Crippen molar-refractivity contribution in [1.29, 1.82) is 0 Å². The van der Waals surface area contributed by atoms with E-state index in [0.717, 1.165) is 31.2 Å². The Labute approximate surface area is 135 Å². The fourth-order valence-electron chi connectivity index (χ4n) is 3.39. The van der Waals surface area contributed by atoms with Crippen molar-refractivity contribution in [2.24, 2.45) is 17.6 Å². The van der Waals surface area contributed by atoms with Crippen LogP contribution in [0.25, 0.3) is 0 Å². The van der Waals surface area contributed by atoms with Crippen LogP contribution in [0.1, 0.15) is 37.2 Å². The minimum absolute atomic E-state index is 0.0706. The second-order valence-electron chi connectivity index (χ2n) is 6.16. The van der Waals surface area contributed by atoms with Crippen LogP contribution in [0.3, 0.4) is 0 Å². The van der Waals surface area contributed by atoms with Gasteiger partial charge in [-0.05, 0) is 55.3 Å². The smallest absolute Gasteiger partial charge is 0.223 e. The molecule has 3 rings (SSSR count). The molecule has 114 valence electrons. The summed E-state index contributed by atoms with van der Waals surface area (Å²) in [5.41, 5.74) is 6.87. The zero-order valence-electron chi connectivity index (χ0n) is 11.8.